The van der Waals surface area contributed by atoms with E-state index in [2.05, 4.69) is 10.3 Å². The van der Waals surface area contributed by atoms with E-state index >= 15 is 0 Å². The SMILES string of the molecule is C.Cc1cc(C[n+]2ccc(CC(CCCCCCCCC(=O)N(C)CC3(CO)CCCC3)=NC#N)cc2)cc(NC(=O)CCCC(=O)C2(N3C(=O)C=CC3=O)CCC2)c1OC1OCC(O)[C@H](O)[C@@H]1O.O=C=O. The molecule has 4 amide bonds. The van der Waals surface area contributed by atoms with Gasteiger partial charge in [-0.05, 0) is 88.0 Å². The molecule has 3 heterocycles. The maximum Gasteiger partial charge on any atom is 0.373 e. The van der Waals surface area contributed by atoms with Crippen LogP contribution in [0, 0.1) is 23.8 Å². The quantitative estimate of drug-likeness (QED) is 0.0305. The zero-order valence-corrected chi connectivity index (χ0v) is 40.9. The van der Waals surface area contributed by atoms with E-state index in [1.54, 1.807) is 17.9 Å². The lowest BCUT2D eigenvalue weighted by molar-refractivity contribution is -0.688. The third kappa shape index (κ3) is 15.7. The molecule has 0 spiro atoms. The predicted octanol–water partition coefficient (Wildman–Crippen LogP) is 4.32. The molecule has 4 aliphatic rings. The number of unbranched alkanes of at least 4 members (excludes halogenated alkanes) is 5. The first-order chi connectivity index (χ1) is 34.1. The van der Waals surface area contributed by atoms with E-state index in [9.17, 15) is 49.7 Å². The number of aliphatic hydroxyl groups is 4. The molecule has 0 bridgehead atoms. The lowest BCUT2D eigenvalue weighted by Gasteiger charge is -2.46. The van der Waals surface area contributed by atoms with Gasteiger partial charge < -0.3 is 40.1 Å². The number of imide groups is 1. The molecule has 2 saturated carbocycles. The van der Waals surface area contributed by atoms with Crippen molar-refractivity contribution in [1.82, 2.24) is 9.80 Å². The number of carbonyl (C=O) groups is 5. The highest BCUT2D eigenvalue weighted by molar-refractivity contribution is 6.16. The number of pyridine rings is 1. The highest BCUT2D eigenvalue weighted by Crippen LogP contribution is 2.42. The van der Waals surface area contributed by atoms with E-state index in [0.717, 1.165) is 85.9 Å². The third-order valence-electron chi connectivity index (χ3n) is 14.1. The number of ether oxygens (including phenoxy) is 2. The minimum Gasteiger partial charge on any atom is -0.460 e. The van der Waals surface area contributed by atoms with Gasteiger partial charge in [0.15, 0.2) is 24.7 Å². The number of nitrogens with zero attached hydrogens (tertiary/aromatic N) is 5. The normalized spacial score (nSPS) is 20.8. The van der Waals surface area contributed by atoms with E-state index in [4.69, 9.17) is 19.1 Å². The van der Waals surface area contributed by atoms with Crippen LogP contribution in [0.15, 0.2) is 53.8 Å². The fourth-order valence-electron chi connectivity index (χ4n) is 10.0. The van der Waals surface area contributed by atoms with Crippen molar-refractivity contribution in [2.75, 3.05) is 32.1 Å². The Balaban J connectivity index is 0.00000274. The van der Waals surface area contributed by atoms with Gasteiger partial charge in [-0.1, -0.05) is 46.0 Å². The summed E-state index contributed by atoms with van der Waals surface area (Å²) in [6.07, 6.45) is 16.0. The standard InChI is InChI=1S/C51H68N6O11.CO2.CH4/c1-35-27-37(30-56-25-19-36(20-26-56)28-38(53-34-52)13-7-5-3-4-6-8-16-43(62)55(2)32-50(33-58)21-9-10-22-50)29-39(48(35)68-49-47(66)46(65)40(59)31-67-49)54-42(61)15-11-14-41(60)51(23-12-24-51)57-44(63)17-18-45(57)64;2-1-3;/h17-20,25-27,29,40,46-47,49,58-59,65-66H,3-16,21-24,28,30-33H2,1-2H3;;1H4/p+1/t40?,46-,47-,49?;;/m0../s1. The number of aryl methyl sites for hydroxylation is 1. The third-order valence-corrected chi connectivity index (χ3v) is 14.1. The van der Waals surface area contributed by atoms with Gasteiger partial charge in [-0.25, -0.2) is 4.57 Å². The number of hydrogen-bond donors (Lipinski definition) is 5. The van der Waals surface area contributed by atoms with Crippen LogP contribution in [0.4, 0.5) is 5.69 Å². The maximum atomic E-state index is 13.5. The molecular weight excluding hydrogens is 929 g/mol. The van der Waals surface area contributed by atoms with Crippen LogP contribution < -0.4 is 14.6 Å². The molecule has 0 radical (unpaired) electrons. The van der Waals surface area contributed by atoms with Crippen molar-refractivity contribution >= 4 is 47.0 Å². The average molecular weight is 1000 g/mol. The molecule has 2 aromatic rings. The molecular formula is C53H73N6O13+. The highest BCUT2D eigenvalue weighted by Gasteiger charge is 2.53. The van der Waals surface area contributed by atoms with Crippen LogP contribution in [0.5, 0.6) is 5.75 Å². The molecule has 1 aromatic heterocycles. The molecule has 72 heavy (non-hydrogen) atoms. The van der Waals surface area contributed by atoms with Crippen LogP contribution in [-0.2, 0) is 51.3 Å². The molecule has 3 fully saturated rings. The molecule has 19 heteroatoms. The van der Waals surface area contributed by atoms with Crippen LogP contribution in [0.2, 0.25) is 0 Å². The number of benzene rings is 1. The molecule has 5 N–H and O–H groups in total. The topological polar surface area (TPSA) is 277 Å². The smallest absolute Gasteiger partial charge is 0.373 e. The summed E-state index contributed by atoms with van der Waals surface area (Å²) in [6.45, 7) is 2.65. The number of rotatable bonds is 25. The zero-order chi connectivity index (χ0) is 51.6. The number of aliphatic imine (C=N–C) groups is 1. The van der Waals surface area contributed by atoms with Crippen molar-refractivity contribution in [2.24, 2.45) is 10.4 Å². The number of nitriles is 1. The number of nitrogens with one attached hydrogen (secondary N) is 1. The summed E-state index contributed by atoms with van der Waals surface area (Å²) in [5.74, 6) is -1.36. The number of carbonyl (C=O) groups excluding carboxylic acids is 7. The average Bonchev–Trinajstić information content (AvgIpc) is 3.94. The first kappa shape index (κ1) is 58.6. The lowest BCUT2D eigenvalue weighted by Crippen LogP contribution is -2.61. The maximum absolute atomic E-state index is 13.5. The Kier molecular flexibility index (Phi) is 23.0. The summed E-state index contributed by atoms with van der Waals surface area (Å²) in [5.41, 5.74) is 2.14. The summed E-state index contributed by atoms with van der Waals surface area (Å²) in [4.78, 5) is 87.7. The van der Waals surface area contributed by atoms with Crippen molar-refractivity contribution < 1.29 is 68.0 Å². The van der Waals surface area contributed by atoms with Gasteiger partial charge in [-0.3, -0.25) is 28.9 Å². The molecule has 6 rings (SSSR count). The van der Waals surface area contributed by atoms with Crippen molar-refractivity contribution in [3.63, 3.8) is 0 Å². The Labute approximate surface area is 421 Å². The number of ketones is 1. The molecule has 19 nitrogen and oxygen atoms in total. The van der Waals surface area contributed by atoms with Crippen molar-refractivity contribution in [3.05, 3.63) is 65.5 Å². The zero-order valence-electron chi connectivity index (χ0n) is 40.9. The number of anilines is 1. The molecule has 1 aromatic carbocycles. The summed E-state index contributed by atoms with van der Waals surface area (Å²) in [6, 6.07) is 7.53. The predicted molar refractivity (Wildman–Crippen MR) is 261 cm³/mol. The van der Waals surface area contributed by atoms with E-state index in [1.165, 1.54) is 12.2 Å². The van der Waals surface area contributed by atoms with Crippen molar-refractivity contribution in [1.29, 1.82) is 5.26 Å². The number of hydrogen-bond acceptors (Lipinski definition) is 15. The molecule has 2 unspecified atom stereocenters. The van der Waals surface area contributed by atoms with Gasteiger partial charge in [0, 0.05) is 80.3 Å². The molecule has 4 atom stereocenters. The summed E-state index contributed by atoms with van der Waals surface area (Å²) >= 11 is 0. The molecule has 2 aliphatic carbocycles. The minimum atomic E-state index is -1.58. The van der Waals surface area contributed by atoms with Crippen LogP contribution in [0.25, 0.3) is 0 Å². The van der Waals surface area contributed by atoms with Crippen molar-refractivity contribution in [3.8, 4) is 11.9 Å². The number of amides is 4. The molecule has 2 aliphatic heterocycles. The van der Waals surface area contributed by atoms with E-state index < -0.39 is 47.9 Å². The largest absolute Gasteiger partial charge is 0.460 e. The number of aromatic nitrogens is 1. The lowest BCUT2D eigenvalue weighted by atomic mass is 9.71. The van der Waals surface area contributed by atoms with Gasteiger partial charge in [-0.2, -0.15) is 19.8 Å². The second-order valence-corrected chi connectivity index (χ2v) is 19.4. The molecule has 1 saturated heterocycles. The highest BCUT2D eigenvalue weighted by atomic mass is 16.7. The van der Waals surface area contributed by atoms with Crippen LogP contribution in [0.1, 0.15) is 140 Å². The van der Waals surface area contributed by atoms with Crippen LogP contribution >= 0.6 is 0 Å². The minimum absolute atomic E-state index is 0. The van der Waals surface area contributed by atoms with Gasteiger partial charge in [0.05, 0.1) is 18.9 Å². The Morgan fingerprint density at radius 1 is 0.889 bits per heavy atom. The Morgan fingerprint density at radius 3 is 2.11 bits per heavy atom. The first-order valence-corrected chi connectivity index (χ1v) is 24.7. The monoisotopic (exact) mass is 1000 g/mol. The number of aliphatic hydroxyl groups excluding tert-OH is 4. The van der Waals surface area contributed by atoms with E-state index in [-0.39, 0.29) is 74.6 Å². The van der Waals surface area contributed by atoms with Gasteiger partial charge in [-0.15, -0.1) is 0 Å². The van der Waals surface area contributed by atoms with Gasteiger partial charge in [0.2, 0.25) is 24.3 Å². The second-order valence-electron chi connectivity index (χ2n) is 19.4. The fraction of sp³-hybridized carbons (Fsp3) is 0.604. The summed E-state index contributed by atoms with van der Waals surface area (Å²) in [5, 5.41) is 53.2. The Morgan fingerprint density at radius 2 is 1.51 bits per heavy atom. The first-order valence-electron chi connectivity index (χ1n) is 24.7. The summed E-state index contributed by atoms with van der Waals surface area (Å²) in [7, 11) is 1.85. The van der Waals surface area contributed by atoms with E-state index in [1.807, 2.05) is 48.4 Å². The summed E-state index contributed by atoms with van der Waals surface area (Å²) < 4.78 is 13.5. The van der Waals surface area contributed by atoms with Crippen molar-refractivity contribution in [2.45, 2.75) is 173 Å². The van der Waals surface area contributed by atoms with Gasteiger partial charge in [0.25, 0.3) is 11.8 Å². The fourth-order valence-corrected chi connectivity index (χ4v) is 10.0. The van der Waals surface area contributed by atoms with Gasteiger partial charge >= 0.3 is 6.15 Å². The Bertz CT molecular complexity index is 2290. The second kappa shape index (κ2) is 28.3. The van der Waals surface area contributed by atoms with Crippen LogP contribution in [-0.4, -0.2) is 128 Å². The Hall–Kier alpha value is -6.00. The number of Topliss-reactive ketones (excluding diaryl/α,β-unsaturated/α-hetero) is 1. The van der Waals surface area contributed by atoms with Crippen LogP contribution in [0.3, 0.4) is 0 Å². The van der Waals surface area contributed by atoms with E-state index in [0.29, 0.717) is 57.2 Å². The molecule has 392 valence electrons. The van der Waals surface area contributed by atoms with Gasteiger partial charge in [0.1, 0.15) is 29.6 Å².